The Morgan fingerprint density at radius 2 is 2.21 bits per heavy atom. The van der Waals surface area contributed by atoms with Crippen molar-refractivity contribution in [3.05, 3.63) is 17.5 Å². The first kappa shape index (κ1) is 9.24. The molecule has 0 bridgehead atoms. The molecule has 4 heteroatoms. The van der Waals surface area contributed by atoms with E-state index >= 15 is 0 Å². The predicted octanol–water partition coefficient (Wildman–Crippen LogP) is 0.924. The molecule has 0 unspecified atom stereocenters. The molecule has 2 heterocycles. The van der Waals surface area contributed by atoms with Crippen molar-refractivity contribution < 1.29 is 4.79 Å². The van der Waals surface area contributed by atoms with Crippen LogP contribution in [0.15, 0.2) is 6.20 Å². The van der Waals surface area contributed by atoms with E-state index in [1.54, 1.807) is 0 Å². The average molecular weight is 193 g/mol. The highest BCUT2D eigenvalue weighted by atomic mass is 16.1. The molecule has 0 aliphatic carbocycles. The molecule has 1 aliphatic rings. The minimum Gasteiger partial charge on any atom is -0.352 e. The standard InChI is InChI=1S/C10H15N3O/c1-10(2,3)13-6-7-8(12-13)4-5-11-9(7)14/h6H,4-5H2,1-3H3,(H,11,14). The van der Waals surface area contributed by atoms with E-state index < -0.39 is 0 Å². The number of amides is 1. The summed E-state index contributed by atoms with van der Waals surface area (Å²) in [5.41, 5.74) is 1.59. The van der Waals surface area contributed by atoms with Gasteiger partial charge in [-0.25, -0.2) is 0 Å². The average Bonchev–Trinajstić information content (AvgIpc) is 2.48. The van der Waals surface area contributed by atoms with E-state index in [0.717, 1.165) is 17.7 Å². The molecule has 2 rings (SSSR count). The van der Waals surface area contributed by atoms with Gasteiger partial charge >= 0.3 is 0 Å². The van der Waals surface area contributed by atoms with Gasteiger partial charge in [0, 0.05) is 19.2 Å². The number of nitrogens with one attached hydrogen (secondary N) is 1. The SMILES string of the molecule is CC(C)(C)n1cc2c(n1)CCNC2=O. The van der Waals surface area contributed by atoms with Gasteiger partial charge in [0.05, 0.1) is 16.8 Å². The molecule has 0 saturated carbocycles. The van der Waals surface area contributed by atoms with Crippen molar-refractivity contribution in [2.75, 3.05) is 6.54 Å². The van der Waals surface area contributed by atoms with Gasteiger partial charge in [0.1, 0.15) is 0 Å². The number of carbonyl (C=O) groups excluding carboxylic acids is 1. The highest BCUT2D eigenvalue weighted by Crippen LogP contribution is 2.18. The molecule has 0 radical (unpaired) electrons. The molecule has 0 spiro atoms. The van der Waals surface area contributed by atoms with Gasteiger partial charge in [0.25, 0.3) is 5.91 Å². The number of nitrogens with zero attached hydrogens (tertiary/aromatic N) is 2. The predicted molar refractivity (Wildman–Crippen MR) is 53.3 cm³/mol. The van der Waals surface area contributed by atoms with Crippen LogP contribution < -0.4 is 5.32 Å². The molecule has 1 aromatic heterocycles. The number of hydrogen-bond acceptors (Lipinski definition) is 2. The van der Waals surface area contributed by atoms with Crippen LogP contribution in [0.4, 0.5) is 0 Å². The third-order valence-corrected chi connectivity index (χ3v) is 2.37. The molecule has 0 atom stereocenters. The zero-order chi connectivity index (χ0) is 10.3. The first-order chi connectivity index (χ1) is 6.48. The van der Waals surface area contributed by atoms with Gasteiger partial charge in [-0.3, -0.25) is 9.48 Å². The summed E-state index contributed by atoms with van der Waals surface area (Å²) in [6.07, 6.45) is 2.67. The summed E-state index contributed by atoms with van der Waals surface area (Å²) in [5.74, 6) is 0.00162. The van der Waals surface area contributed by atoms with Crippen LogP contribution in [0.1, 0.15) is 36.8 Å². The minimum atomic E-state index is -0.0579. The second-order valence-electron chi connectivity index (χ2n) is 4.61. The highest BCUT2D eigenvalue weighted by Gasteiger charge is 2.23. The first-order valence-corrected chi connectivity index (χ1v) is 4.86. The Morgan fingerprint density at radius 3 is 2.79 bits per heavy atom. The second kappa shape index (κ2) is 2.83. The summed E-state index contributed by atoms with van der Waals surface area (Å²) >= 11 is 0. The van der Waals surface area contributed by atoms with Gasteiger partial charge < -0.3 is 5.32 Å². The Morgan fingerprint density at radius 1 is 1.50 bits per heavy atom. The molecular formula is C10H15N3O. The normalized spacial score (nSPS) is 16.4. The van der Waals surface area contributed by atoms with Crippen molar-refractivity contribution in [1.29, 1.82) is 0 Å². The van der Waals surface area contributed by atoms with E-state index in [0.29, 0.717) is 6.54 Å². The number of hydrogen-bond donors (Lipinski definition) is 1. The maximum atomic E-state index is 11.5. The van der Waals surface area contributed by atoms with E-state index in [1.165, 1.54) is 0 Å². The molecule has 76 valence electrons. The van der Waals surface area contributed by atoms with Crippen LogP contribution in [-0.4, -0.2) is 22.2 Å². The summed E-state index contributed by atoms with van der Waals surface area (Å²) in [6, 6.07) is 0. The molecule has 1 amide bonds. The first-order valence-electron chi connectivity index (χ1n) is 4.86. The fourth-order valence-electron chi connectivity index (χ4n) is 1.52. The number of rotatable bonds is 0. The zero-order valence-corrected chi connectivity index (χ0v) is 8.79. The van der Waals surface area contributed by atoms with Crippen molar-refractivity contribution in [1.82, 2.24) is 15.1 Å². The maximum Gasteiger partial charge on any atom is 0.254 e. The number of fused-ring (bicyclic) bond motifs is 1. The summed E-state index contributed by atoms with van der Waals surface area (Å²) in [7, 11) is 0. The second-order valence-corrected chi connectivity index (χ2v) is 4.61. The lowest BCUT2D eigenvalue weighted by atomic mass is 10.1. The van der Waals surface area contributed by atoms with Crippen molar-refractivity contribution in [2.45, 2.75) is 32.7 Å². The molecule has 0 saturated heterocycles. The number of carbonyl (C=O) groups is 1. The van der Waals surface area contributed by atoms with Crippen molar-refractivity contribution in [2.24, 2.45) is 0 Å². The van der Waals surface area contributed by atoms with E-state index in [-0.39, 0.29) is 11.4 Å². The fourth-order valence-corrected chi connectivity index (χ4v) is 1.52. The van der Waals surface area contributed by atoms with E-state index in [9.17, 15) is 4.79 Å². The molecule has 0 aromatic carbocycles. The molecule has 0 fully saturated rings. The molecule has 4 nitrogen and oxygen atoms in total. The smallest absolute Gasteiger partial charge is 0.254 e. The summed E-state index contributed by atoms with van der Waals surface area (Å²) in [4.78, 5) is 11.5. The monoisotopic (exact) mass is 193 g/mol. The van der Waals surface area contributed by atoms with Crippen LogP contribution in [0.5, 0.6) is 0 Å². The Labute approximate surface area is 83.3 Å². The highest BCUT2D eigenvalue weighted by molar-refractivity contribution is 5.96. The van der Waals surface area contributed by atoms with Gasteiger partial charge in [-0.1, -0.05) is 0 Å². The summed E-state index contributed by atoms with van der Waals surface area (Å²) in [6.45, 7) is 6.92. The van der Waals surface area contributed by atoms with Gasteiger partial charge in [0.15, 0.2) is 0 Å². The quantitative estimate of drug-likeness (QED) is 0.666. The fraction of sp³-hybridized carbons (Fsp3) is 0.600. The van der Waals surface area contributed by atoms with E-state index in [1.807, 2.05) is 10.9 Å². The molecule has 1 N–H and O–H groups in total. The van der Waals surface area contributed by atoms with Gasteiger partial charge in [0.2, 0.25) is 0 Å². The third kappa shape index (κ3) is 1.41. The van der Waals surface area contributed by atoms with E-state index in [4.69, 9.17) is 0 Å². The molecular weight excluding hydrogens is 178 g/mol. The maximum absolute atomic E-state index is 11.5. The molecule has 1 aliphatic heterocycles. The number of aromatic nitrogens is 2. The minimum absolute atomic E-state index is 0.00162. The van der Waals surface area contributed by atoms with Crippen LogP contribution >= 0.6 is 0 Å². The largest absolute Gasteiger partial charge is 0.352 e. The topological polar surface area (TPSA) is 46.9 Å². The van der Waals surface area contributed by atoms with Crippen LogP contribution in [0.2, 0.25) is 0 Å². The lowest BCUT2D eigenvalue weighted by Crippen LogP contribution is -2.31. The van der Waals surface area contributed by atoms with Crippen molar-refractivity contribution in [3.8, 4) is 0 Å². The van der Waals surface area contributed by atoms with Gasteiger partial charge in [-0.2, -0.15) is 5.10 Å². The van der Waals surface area contributed by atoms with Gasteiger partial charge in [-0.05, 0) is 20.8 Å². The van der Waals surface area contributed by atoms with Crippen LogP contribution in [0.3, 0.4) is 0 Å². The van der Waals surface area contributed by atoms with Gasteiger partial charge in [-0.15, -0.1) is 0 Å². The van der Waals surface area contributed by atoms with Crippen molar-refractivity contribution in [3.63, 3.8) is 0 Å². The Bertz CT molecular complexity index is 373. The van der Waals surface area contributed by atoms with E-state index in [2.05, 4.69) is 31.2 Å². The zero-order valence-electron chi connectivity index (χ0n) is 8.79. The third-order valence-electron chi connectivity index (χ3n) is 2.37. The lowest BCUT2D eigenvalue weighted by Gasteiger charge is -2.18. The Balaban J connectivity index is 2.45. The van der Waals surface area contributed by atoms with Crippen LogP contribution in [-0.2, 0) is 12.0 Å². The summed E-state index contributed by atoms with van der Waals surface area (Å²) < 4.78 is 1.86. The Kier molecular flexibility index (Phi) is 1.87. The molecule has 1 aromatic rings. The molecule has 14 heavy (non-hydrogen) atoms. The lowest BCUT2D eigenvalue weighted by molar-refractivity contribution is 0.0946. The summed E-state index contributed by atoms with van der Waals surface area (Å²) in [5, 5.41) is 7.24. The Hall–Kier alpha value is -1.32. The van der Waals surface area contributed by atoms with Crippen LogP contribution in [0.25, 0.3) is 0 Å². The van der Waals surface area contributed by atoms with Crippen molar-refractivity contribution >= 4 is 5.91 Å². The van der Waals surface area contributed by atoms with Crippen LogP contribution in [0, 0.1) is 0 Å².